The molecular weight excluding hydrogens is 254 g/mol. The van der Waals surface area contributed by atoms with E-state index in [1.807, 2.05) is 6.92 Å². The van der Waals surface area contributed by atoms with Crippen LogP contribution in [0.1, 0.15) is 30.2 Å². The molecule has 1 heterocycles. The third kappa shape index (κ3) is 3.32. The lowest BCUT2D eigenvalue weighted by molar-refractivity contribution is 0.0521. The molecule has 102 valence electrons. The van der Waals surface area contributed by atoms with Gasteiger partial charge in [0.25, 0.3) is 0 Å². The van der Waals surface area contributed by atoms with Crippen molar-refractivity contribution in [3.8, 4) is 0 Å². The van der Waals surface area contributed by atoms with Crippen LogP contribution in [-0.2, 0) is 28.5 Å². The number of nitrogen functional groups attached to an aromatic ring is 1. The molecule has 1 rings (SSSR count). The first kappa shape index (κ1) is 14.7. The molecule has 0 aliphatic rings. The fraction of sp³-hybridized carbons (Fsp3) is 0.636. The zero-order valence-corrected chi connectivity index (χ0v) is 11.7. The van der Waals surface area contributed by atoms with E-state index in [4.69, 9.17) is 10.5 Å². The van der Waals surface area contributed by atoms with Gasteiger partial charge in [-0.25, -0.2) is 9.78 Å². The first-order valence-electron chi connectivity index (χ1n) is 5.83. The number of aryl methyl sites for hydroxylation is 1. The molecule has 0 fully saturated rings. The summed E-state index contributed by atoms with van der Waals surface area (Å²) in [6, 6.07) is 0. The number of nitrogens with two attached hydrogens (primary N) is 1. The summed E-state index contributed by atoms with van der Waals surface area (Å²) >= 11 is 0. The number of esters is 1. The van der Waals surface area contributed by atoms with Crippen molar-refractivity contribution < 1.29 is 13.7 Å². The number of aromatic nitrogens is 2. The number of hydrogen-bond donors (Lipinski definition) is 1. The van der Waals surface area contributed by atoms with Gasteiger partial charge in [0.05, 0.1) is 6.61 Å². The van der Waals surface area contributed by atoms with Gasteiger partial charge in [-0.1, -0.05) is 6.92 Å². The number of rotatable bonds is 6. The second-order valence-electron chi connectivity index (χ2n) is 3.76. The lowest BCUT2D eigenvalue weighted by atomic mass is 10.4. The van der Waals surface area contributed by atoms with Crippen LogP contribution in [0, 0.1) is 0 Å². The molecule has 0 radical (unpaired) electrons. The van der Waals surface area contributed by atoms with Gasteiger partial charge in [0.15, 0.2) is 5.69 Å². The van der Waals surface area contributed by atoms with Gasteiger partial charge < -0.3 is 15.0 Å². The SMILES string of the molecule is CCOC(=O)c1nc(CC)n(CCS(C)=O)c1N. The number of nitrogens with zero attached hydrogens (tertiary/aromatic N) is 2. The van der Waals surface area contributed by atoms with Crippen LogP contribution in [0.2, 0.25) is 0 Å². The normalized spacial score (nSPS) is 12.4. The molecule has 18 heavy (non-hydrogen) atoms. The van der Waals surface area contributed by atoms with Crippen molar-refractivity contribution in [2.24, 2.45) is 0 Å². The third-order valence-corrected chi connectivity index (χ3v) is 3.23. The lowest BCUT2D eigenvalue weighted by Crippen LogP contribution is -2.13. The van der Waals surface area contributed by atoms with Gasteiger partial charge in [-0.15, -0.1) is 0 Å². The van der Waals surface area contributed by atoms with E-state index < -0.39 is 16.8 Å². The van der Waals surface area contributed by atoms with Gasteiger partial charge in [-0.05, 0) is 6.92 Å². The maximum Gasteiger partial charge on any atom is 0.360 e. The smallest absolute Gasteiger partial charge is 0.360 e. The van der Waals surface area contributed by atoms with Crippen molar-refractivity contribution in [1.29, 1.82) is 0 Å². The topological polar surface area (TPSA) is 87.2 Å². The monoisotopic (exact) mass is 273 g/mol. The summed E-state index contributed by atoms with van der Waals surface area (Å²) in [6.45, 7) is 4.43. The largest absolute Gasteiger partial charge is 0.461 e. The Bertz CT molecular complexity index is 457. The highest BCUT2D eigenvalue weighted by Gasteiger charge is 2.20. The van der Waals surface area contributed by atoms with E-state index in [1.165, 1.54) is 0 Å². The Kier molecular flexibility index (Phi) is 5.33. The van der Waals surface area contributed by atoms with E-state index in [0.717, 1.165) is 0 Å². The summed E-state index contributed by atoms with van der Waals surface area (Å²) in [4.78, 5) is 15.8. The quantitative estimate of drug-likeness (QED) is 0.766. The third-order valence-electron chi connectivity index (χ3n) is 2.47. The number of carbonyl (C=O) groups excluding carboxylic acids is 1. The molecule has 1 atom stereocenters. The Balaban J connectivity index is 3.02. The van der Waals surface area contributed by atoms with Gasteiger partial charge in [-0.3, -0.25) is 4.21 Å². The van der Waals surface area contributed by atoms with Gasteiger partial charge in [0.1, 0.15) is 11.6 Å². The van der Waals surface area contributed by atoms with Crippen molar-refractivity contribution in [2.75, 3.05) is 24.3 Å². The van der Waals surface area contributed by atoms with E-state index in [-0.39, 0.29) is 18.1 Å². The number of ether oxygens (including phenoxy) is 1. The molecule has 7 heteroatoms. The molecule has 0 aromatic carbocycles. The molecule has 6 nitrogen and oxygen atoms in total. The summed E-state index contributed by atoms with van der Waals surface area (Å²) in [5.74, 6) is 0.966. The highest BCUT2D eigenvalue weighted by atomic mass is 32.2. The van der Waals surface area contributed by atoms with Gasteiger partial charge in [-0.2, -0.15) is 0 Å². The molecule has 0 bridgehead atoms. The average Bonchev–Trinajstić information content (AvgIpc) is 2.63. The van der Waals surface area contributed by atoms with Crippen LogP contribution in [0.25, 0.3) is 0 Å². The molecule has 2 N–H and O–H groups in total. The summed E-state index contributed by atoms with van der Waals surface area (Å²) in [7, 11) is -0.910. The summed E-state index contributed by atoms with van der Waals surface area (Å²) in [6.07, 6.45) is 2.28. The molecular formula is C11H19N3O3S. The van der Waals surface area contributed by atoms with Gasteiger partial charge in [0, 0.05) is 35.8 Å². The molecule has 0 saturated heterocycles. The van der Waals surface area contributed by atoms with Crippen LogP contribution in [0.4, 0.5) is 5.82 Å². The molecule has 1 aromatic rings. The van der Waals surface area contributed by atoms with Crippen LogP contribution in [-0.4, -0.2) is 38.3 Å². The van der Waals surface area contributed by atoms with Crippen LogP contribution in [0.3, 0.4) is 0 Å². The predicted octanol–water partition coefficient (Wildman–Crippen LogP) is 0.583. The predicted molar refractivity (Wildman–Crippen MR) is 70.9 cm³/mol. The fourth-order valence-corrected chi connectivity index (χ4v) is 2.04. The highest BCUT2D eigenvalue weighted by Crippen LogP contribution is 2.16. The second-order valence-corrected chi connectivity index (χ2v) is 5.32. The van der Waals surface area contributed by atoms with Crippen LogP contribution >= 0.6 is 0 Å². The van der Waals surface area contributed by atoms with Crippen molar-refractivity contribution in [3.05, 3.63) is 11.5 Å². The summed E-state index contributed by atoms with van der Waals surface area (Å²) in [5, 5.41) is 0. The molecule has 0 amide bonds. The maximum atomic E-state index is 11.6. The van der Waals surface area contributed by atoms with Crippen LogP contribution < -0.4 is 5.73 Å². The number of imidazole rings is 1. The molecule has 0 spiro atoms. The first-order valence-corrected chi connectivity index (χ1v) is 7.55. The zero-order valence-electron chi connectivity index (χ0n) is 10.9. The second kappa shape index (κ2) is 6.53. The van der Waals surface area contributed by atoms with E-state index in [2.05, 4.69) is 4.98 Å². The van der Waals surface area contributed by atoms with Crippen LogP contribution in [0.15, 0.2) is 0 Å². The minimum atomic E-state index is -0.910. The zero-order chi connectivity index (χ0) is 13.7. The molecule has 1 aromatic heterocycles. The minimum Gasteiger partial charge on any atom is -0.461 e. The van der Waals surface area contributed by atoms with Crippen molar-refractivity contribution in [2.45, 2.75) is 26.8 Å². The fourth-order valence-electron chi connectivity index (χ4n) is 1.60. The van der Waals surface area contributed by atoms with Crippen LogP contribution in [0.5, 0.6) is 0 Å². The van der Waals surface area contributed by atoms with E-state index in [0.29, 0.717) is 24.5 Å². The molecule has 0 aliphatic carbocycles. The highest BCUT2D eigenvalue weighted by molar-refractivity contribution is 7.84. The van der Waals surface area contributed by atoms with Crippen molar-refractivity contribution >= 4 is 22.6 Å². The van der Waals surface area contributed by atoms with Crippen molar-refractivity contribution in [1.82, 2.24) is 9.55 Å². The number of carbonyl (C=O) groups is 1. The van der Waals surface area contributed by atoms with Gasteiger partial charge in [0.2, 0.25) is 0 Å². The van der Waals surface area contributed by atoms with E-state index in [9.17, 15) is 9.00 Å². The Labute approximate surface area is 109 Å². The number of hydrogen-bond acceptors (Lipinski definition) is 5. The Morgan fingerprint density at radius 1 is 1.50 bits per heavy atom. The van der Waals surface area contributed by atoms with Gasteiger partial charge >= 0.3 is 5.97 Å². The van der Waals surface area contributed by atoms with E-state index >= 15 is 0 Å². The number of anilines is 1. The lowest BCUT2D eigenvalue weighted by Gasteiger charge is -2.07. The molecule has 0 saturated carbocycles. The standard InChI is InChI=1S/C11H19N3O3S/c1-4-8-13-9(11(15)17-5-2)10(12)14(8)6-7-18(3)16/h4-7,12H2,1-3H3. The Morgan fingerprint density at radius 3 is 2.67 bits per heavy atom. The average molecular weight is 273 g/mol. The van der Waals surface area contributed by atoms with Crippen molar-refractivity contribution in [3.63, 3.8) is 0 Å². The minimum absolute atomic E-state index is 0.149. The molecule has 1 unspecified atom stereocenters. The maximum absolute atomic E-state index is 11.6. The Morgan fingerprint density at radius 2 is 2.17 bits per heavy atom. The molecule has 0 aliphatic heterocycles. The summed E-state index contributed by atoms with van der Waals surface area (Å²) in [5.41, 5.74) is 6.05. The Hall–Kier alpha value is -1.37. The first-order chi connectivity index (χ1) is 8.51. The van der Waals surface area contributed by atoms with E-state index in [1.54, 1.807) is 17.7 Å². The summed E-state index contributed by atoms with van der Waals surface area (Å²) < 4.78 is 17.7.